The normalized spacial score (nSPS) is 16.0. The lowest BCUT2D eigenvalue weighted by Crippen LogP contribution is -2.38. The first kappa shape index (κ1) is 18.4. The zero-order chi connectivity index (χ0) is 19.0. The molecular formula is C20H18Cl2FNO3. The molecule has 2 aromatic rings. The molecule has 1 saturated carbocycles. The second kappa shape index (κ2) is 7.56. The van der Waals surface area contributed by atoms with Gasteiger partial charge in [0.25, 0.3) is 5.91 Å². The van der Waals surface area contributed by atoms with Crippen LogP contribution in [0.3, 0.4) is 0 Å². The summed E-state index contributed by atoms with van der Waals surface area (Å²) in [6.07, 6.45) is 3.98. The minimum atomic E-state index is -0.654. The van der Waals surface area contributed by atoms with Gasteiger partial charge >= 0.3 is 0 Å². The van der Waals surface area contributed by atoms with E-state index in [0.717, 1.165) is 37.3 Å². The van der Waals surface area contributed by atoms with Gasteiger partial charge in [0.1, 0.15) is 5.82 Å². The first-order chi connectivity index (χ1) is 13.0. The molecule has 1 heterocycles. The molecule has 2 aliphatic rings. The largest absolute Gasteiger partial charge is 0.454 e. The van der Waals surface area contributed by atoms with E-state index in [1.54, 1.807) is 4.90 Å². The van der Waals surface area contributed by atoms with E-state index >= 15 is 0 Å². The van der Waals surface area contributed by atoms with Crippen molar-refractivity contribution in [1.29, 1.82) is 0 Å². The van der Waals surface area contributed by atoms with E-state index in [-0.39, 0.29) is 34.4 Å². The number of fused-ring (bicyclic) bond motifs is 1. The Hall–Kier alpha value is -1.98. The average Bonchev–Trinajstić information content (AvgIpc) is 3.33. The number of halogens is 3. The summed E-state index contributed by atoms with van der Waals surface area (Å²) in [7, 11) is 0. The molecule has 1 amide bonds. The van der Waals surface area contributed by atoms with Crippen LogP contribution in [0.2, 0.25) is 10.0 Å². The minimum Gasteiger partial charge on any atom is -0.454 e. The number of benzene rings is 2. The zero-order valence-corrected chi connectivity index (χ0v) is 16.0. The molecule has 0 atom stereocenters. The summed E-state index contributed by atoms with van der Waals surface area (Å²) in [6, 6.07) is 8.11. The predicted molar refractivity (Wildman–Crippen MR) is 101 cm³/mol. The summed E-state index contributed by atoms with van der Waals surface area (Å²) in [5, 5.41) is 0.0554. The number of carbonyl (C=O) groups excluding carboxylic acids is 1. The lowest BCUT2D eigenvalue weighted by Gasteiger charge is -2.29. The standard InChI is InChI=1S/C20H18Cl2FNO3/c21-15-9-16(22)17(23)8-14(15)20(25)24(13-3-1-2-4-13)10-12-5-6-18-19(7-12)27-11-26-18/h5-9,13H,1-4,10-11H2. The van der Waals surface area contributed by atoms with Crippen molar-refractivity contribution < 1.29 is 18.7 Å². The van der Waals surface area contributed by atoms with Gasteiger partial charge in [-0.05, 0) is 42.7 Å². The van der Waals surface area contributed by atoms with Crippen molar-refractivity contribution in [3.8, 4) is 11.5 Å². The molecule has 27 heavy (non-hydrogen) atoms. The van der Waals surface area contributed by atoms with E-state index in [1.807, 2.05) is 18.2 Å². The van der Waals surface area contributed by atoms with Gasteiger partial charge in [0.05, 0.1) is 15.6 Å². The van der Waals surface area contributed by atoms with Gasteiger partial charge in [-0.3, -0.25) is 4.79 Å². The van der Waals surface area contributed by atoms with E-state index in [9.17, 15) is 9.18 Å². The topological polar surface area (TPSA) is 38.8 Å². The monoisotopic (exact) mass is 409 g/mol. The number of hydrogen-bond acceptors (Lipinski definition) is 3. The molecule has 1 fully saturated rings. The van der Waals surface area contributed by atoms with Gasteiger partial charge in [-0.2, -0.15) is 0 Å². The van der Waals surface area contributed by atoms with E-state index in [1.165, 1.54) is 6.07 Å². The fraction of sp³-hybridized carbons (Fsp3) is 0.350. The summed E-state index contributed by atoms with van der Waals surface area (Å²) in [6.45, 7) is 0.588. The van der Waals surface area contributed by atoms with Crippen molar-refractivity contribution >= 4 is 29.1 Å². The molecule has 0 bridgehead atoms. The van der Waals surface area contributed by atoms with Crippen LogP contribution in [0.25, 0.3) is 0 Å². The molecule has 0 aromatic heterocycles. The van der Waals surface area contributed by atoms with Crippen molar-refractivity contribution in [1.82, 2.24) is 4.90 Å². The van der Waals surface area contributed by atoms with Crippen LogP contribution in [0.5, 0.6) is 11.5 Å². The Balaban J connectivity index is 1.65. The molecule has 142 valence electrons. The highest BCUT2D eigenvalue weighted by Crippen LogP contribution is 2.35. The van der Waals surface area contributed by atoms with Crippen molar-refractivity contribution in [2.45, 2.75) is 38.3 Å². The number of rotatable bonds is 4. The second-order valence-corrected chi connectivity index (χ2v) is 7.62. The van der Waals surface area contributed by atoms with Crippen molar-refractivity contribution in [2.24, 2.45) is 0 Å². The quantitative estimate of drug-likeness (QED) is 0.630. The first-order valence-corrected chi connectivity index (χ1v) is 9.62. The van der Waals surface area contributed by atoms with Crippen LogP contribution in [0.4, 0.5) is 4.39 Å². The van der Waals surface area contributed by atoms with Gasteiger partial charge in [0.15, 0.2) is 11.5 Å². The van der Waals surface area contributed by atoms with Gasteiger partial charge in [-0.15, -0.1) is 0 Å². The van der Waals surface area contributed by atoms with Gasteiger partial charge in [-0.1, -0.05) is 42.1 Å². The third-order valence-corrected chi connectivity index (χ3v) is 5.66. The van der Waals surface area contributed by atoms with Crippen molar-refractivity contribution in [2.75, 3.05) is 6.79 Å². The maximum Gasteiger partial charge on any atom is 0.256 e. The van der Waals surface area contributed by atoms with E-state index < -0.39 is 5.82 Å². The summed E-state index contributed by atoms with van der Waals surface area (Å²) in [4.78, 5) is 15.0. The molecule has 1 aliphatic carbocycles. The molecule has 4 rings (SSSR count). The number of amides is 1. The molecule has 2 aromatic carbocycles. The lowest BCUT2D eigenvalue weighted by molar-refractivity contribution is 0.0664. The zero-order valence-electron chi connectivity index (χ0n) is 14.5. The van der Waals surface area contributed by atoms with Gasteiger partial charge in [-0.25, -0.2) is 4.39 Å². The SMILES string of the molecule is O=C(c1cc(F)c(Cl)cc1Cl)N(Cc1ccc2c(c1)OCO2)C1CCCC1. The fourth-order valence-corrected chi connectivity index (χ4v) is 4.12. The minimum absolute atomic E-state index is 0.0951. The Morgan fingerprint density at radius 2 is 1.81 bits per heavy atom. The Bertz CT molecular complexity index is 884. The second-order valence-electron chi connectivity index (χ2n) is 6.81. The highest BCUT2D eigenvalue weighted by Gasteiger charge is 2.29. The summed E-state index contributed by atoms with van der Waals surface area (Å²) in [5.74, 6) is 0.418. The summed E-state index contributed by atoms with van der Waals surface area (Å²) < 4.78 is 24.7. The number of carbonyl (C=O) groups is 1. The molecule has 0 unspecified atom stereocenters. The Labute approximate surface area is 166 Å². The number of hydrogen-bond donors (Lipinski definition) is 0. The van der Waals surface area contributed by atoms with Crippen LogP contribution in [-0.4, -0.2) is 23.6 Å². The Kier molecular flexibility index (Phi) is 5.15. The van der Waals surface area contributed by atoms with E-state index in [0.29, 0.717) is 18.0 Å². The molecule has 0 saturated heterocycles. The summed E-state index contributed by atoms with van der Waals surface area (Å²) >= 11 is 12.0. The van der Waals surface area contributed by atoms with E-state index in [2.05, 4.69) is 0 Å². The maximum absolute atomic E-state index is 13.9. The maximum atomic E-state index is 13.9. The molecule has 0 N–H and O–H groups in total. The van der Waals surface area contributed by atoms with Crippen LogP contribution in [0, 0.1) is 5.82 Å². The van der Waals surface area contributed by atoms with Crippen LogP contribution >= 0.6 is 23.2 Å². The smallest absolute Gasteiger partial charge is 0.256 e. The van der Waals surface area contributed by atoms with Crippen LogP contribution in [0.15, 0.2) is 30.3 Å². The molecule has 7 heteroatoms. The van der Waals surface area contributed by atoms with Gasteiger partial charge in [0, 0.05) is 12.6 Å². The highest BCUT2D eigenvalue weighted by atomic mass is 35.5. The Morgan fingerprint density at radius 1 is 1.07 bits per heavy atom. The highest BCUT2D eigenvalue weighted by molar-refractivity contribution is 6.36. The van der Waals surface area contributed by atoms with Gasteiger partial charge < -0.3 is 14.4 Å². The van der Waals surface area contributed by atoms with Crippen molar-refractivity contribution in [3.63, 3.8) is 0 Å². The lowest BCUT2D eigenvalue weighted by atomic mass is 10.1. The molecule has 0 radical (unpaired) electrons. The average molecular weight is 410 g/mol. The summed E-state index contributed by atoms with van der Waals surface area (Å²) in [5.41, 5.74) is 1.05. The van der Waals surface area contributed by atoms with Crippen molar-refractivity contribution in [3.05, 3.63) is 57.3 Å². The predicted octanol–water partition coefficient (Wildman–Crippen LogP) is 5.45. The first-order valence-electron chi connectivity index (χ1n) is 8.87. The molecule has 4 nitrogen and oxygen atoms in total. The molecule has 1 aliphatic heterocycles. The third-order valence-electron chi connectivity index (χ3n) is 5.06. The molecular weight excluding hydrogens is 392 g/mol. The van der Waals surface area contributed by atoms with Gasteiger partial charge in [0.2, 0.25) is 6.79 Å². The molecule has 0 spiro atoms. The number of ether oxygens (including phenoxy) is 2. The van der Waals surface area contributed by atoms with Crippen LogP contribution < -0.4 is 9.47 Å². The van der Waals surface area contributed by atoms with Crippen LogP contribution in [0.1, 0.15) is 41.6 Å². The Morgan fingerprint density at radius 3 is 2.59 bits per heavy atom. The van der Waals surface area contributed by atoms with E-state index in [4.69, 9.17) is 32.7 Å². The number of nitrogens with zero attached hydrogens (tertiary/aromatic N) is 1. The van der Waals surface area contributed by atoms with Crippen LogP contribution in [-0.2, 0) is 6.54 Å². The third kappa shape index (κ3) is 3.71. The fourth-order valence-electron chi connectivity index (χ4n) is 3.66.